The third-order valence-electron chi connectivity index (χ3n) is 3.82. The lowest BCUT2D eigenvalue weighted by Gasteiger charge is -2.05. The van der Waals surface area contributed by atoms with Gasteiger partial charge in [0.15, 0.2) is 0 Å². The van der Waals surface area contributed by atoms with E-state index in [1.807, 2.05) is 68.6 Å². The van der Waals surface area contributed by atoms with Crippen LogP contribution in [0.4, 0.5) is 5.69 Å². The van der Waals surface area contributed by atoms with Crippen molar-refractivity contribution in [2.24, 2.45) is 0 Å². The van der Waals surface area contributed by atoms with E-state index in [9.17, 15) is 4.79 Å². The number of hydrogen-bond acceptors (Lipinski definition) is 2. The molecule has 1 aromatic heterocycles. The summed E-state index contributed by atoms with van der Waals surface area (Å²) in [5.41, 5.74) is 5.01. The molecule has 0 atom stereocenters. The van der Waals surface area contributed by atoms with Crippen molar-refractivity contribution in [3.05, 3.63) is 83.7 Å². The fourth-order valence-corrected chi connectivity index (χ4v) is 2.32. The van der Waals surface area contributed by atoms with Gasteiger partial charge < -0.3 is 5.32 Å². The summed E-state index contributed by atoms with van der Waals surface area (Å²) in [7, 11) is 0. The van der Waals surface area contributed by atoms with Gasteiger partial charge in [0, 0.05) is 23.5 Å². The number of anilines is 1. The summed E-state index contributed by atoms with van der Waals surface area (Å²) in [6.45, 7) is 4.07. The molecule has 3 aromatic rings. The Bertz CT molecular complexity index is 879. The van der Waals surface area contributed by atoms with E-state index in [0.717, 1.165) is 22.5 Å². The highest BCUT2D eigenvalue weighted by atomic mass is 16.1. The minimum atomic E-state index is -0.161. The maximum Gasteiger partial charge on any atom is 0.248 e. The molecule has 0 radical (unpaired) electrons. The number of carbonyl (C=O) groups excluding carboxylic acids is 1. The van der Waals surface area contributed by atoms with Crippen LogP contribution in [0.1, 0.15) is 16.7 Å². The van der Waals surface area contributed by atoms with Gasteiger partial charge in [-0.3, -0.25) is 4.79 Å². The first-order chi connectivity index (χ1) is 11.6. The quantitative estimate of drug-likeness (QED) is 0.735. The van der Waals surface area contributed by atoms with Crippen LogP contribution in [0.3, 0.4) is 0 Å². The Morgan fingerprint density at radius 1 is 1.08 bits per heavy atom. The molecule has 0 bridgehead atoms. The van der Waals surface area contributed by atoms with Gasteiger partial charge in [0.1, 0.15) is 0 Å². The molecule has 120 valence electrons. The minimum Gasteiger partial charge on any atom is -0.323 e. The van der Waals surface area contributed by atoms with E-state index >= 15 is 0 Å². The van der Waals surface area contributed by atoms with Crippen molar-refractivity contribution in [1.82, 2.24) is 9.78 Å². The Morgan fingerprint density at radius 2 is 1.88 bits per heavy atom. The first-order valence-electron chi connectivity index (χ1n) is 7.78. The van der Waals surface area contributed by atoms with Crippen molar-refractivity contribution in [3.63, 3.8) is 0 Å². The summed E-state index contributed by atoms with van der Waals surface area (Å²) < 4.78 is 1.78. The Hall–Kier alpha value is -3.14. The zero-order valence-corrected chi connectivity index (χ0v) is 13.7. The fraction of sp³-hybridized carbons (Fsp3) is 0.100. The summed E-state index contributed by atoms with van der Waals surface area (Å²) in [6, 6.07) is 15.7. The van der Waals surface area contributed by atoms with Crippen LogP contribution in [0.5, 0.6) is 0 Å². The summed E-state index contributed by atoms with van der Waals surface area (Å²) in [5.74, 6) is -0.161. The van der Waals surface area contributed by atoms with E-state index in [0.29, 0.717) is 0 Å². The van der Waals surface area contributed by atoms with Crippen LogP contribution in [0.15, 0.2) is 67.0 Å². The van der Waals surface area contributed by atoms with E-state index in [1.54, 1.807) is 17.0 Å². The van der Waals surface area contributed by atoms with Crippen LogP contribution in [0, 0.1) is 13.8 Å². The Labute approximate surface area is 141 Å². The highest BCUT2D eigenvalue weighted by Gasteiger charge is 2.01. The maximum atomic E-state index is 12.0. The number of rotatable bonds is 4. The second-order valence-electron chi connectivity index (χ2n) is 5.68. The van der Waals surface area contributed by atoms with Crippen molar-refractivity contribution in [1.29, 1.82) is 0 Å². The van der Waals surface area contributed by atoms with E-state index in [2.05, 4.69) is 10.4 Å². The van der Waals surface area contributed by atoms with Gasteiger partial charge in [0.05, 0.1) is 11.9 Å². The zero-order chi connectivity index (χ0) is 16.9. The predicted octanol–water partition coefficient (Wildman–Crippen LogP) is 4.14. The summed E-state index contributed by atoms with van der Waals surface area (Å²) in [4.78, 5) is 12.0. The maximum absolute atomic E-state index is 12.0. The molecule has 0 unspecified atom stereocenters. The zero-order valence-electron chi connectivity index (χ0n) is 13.7. The van der Waals surface area contributed by atoms with Crippen molar-refractivity contribution < 1.29 is 4.79 Å². The number of aryl methyl sites for hydroxylation is 2. The fourth-order valence-electron chi connectivity index (χ4n) is 2.32. The van der Waals surface area contributed by atoms with Crippen LogP contribution in [0.25, 0.3) is 11.8 Å². The molecule has 0 aliphatic carbocycles. The third kappa shape index (κ3) is 3.79. The van der Waals surface area contributed by atoms with E-state index in [4.69, 9.17) is 0 Å². The Kier molecular flexibility index (Phi) is 4.57. The van der Waals surface area contributed by atoms with Gasteiger partial charge in [-0.1, -0.05) is 24.3 Å². The molecule has 1 heterocycles. The monoisotopic (exact) mass is 317 g/mol. The number of para-hydroxylation sites is 1. The largest absolute Gasteiger partial charge is 0.323 e. The molecule has 0 aliphatic rings. The molecule has 2 aromatic carbocycles. The molecule has 4 heteroatoms. The highest BCUT2D eigenvalue weighted by molar-refractivity contribution is 6.01. The summed E-state index contributed by atoms with van der Waals surface area (Å²) in [5, 5.41) is 7.17. The van der Waals surface area contributed by atoms with Crippen LogP contribution in [-0.2, 0) is 4.79 Å². The number of hydrogen-bond donors (Lipinski definition) is 1. The SMILES string of the molecule is Cc1ccc(NC(=O)/C=C/c2cnn(-c3ccccc3)c2)cc1C. The number of carbonyl (C=O) groups is 1. The van der Waals surface area contributed by atoms with Crippen LogP contribution < -0.4 is 5.32 Å². The Balaban J connectivity index is 1.66. The van der Waals surface area contributed by atoms with Gasteiger partial charge in [-0.2, -0.15) is 5.10 Å². The van der Waals surface area contributed by atoms with E-state index < -0.39 is 0 Å². The van der Waals surface area contributed by atoms with Crippen LogP contribution in [0.2, 0.25) is 0 Å². The van der Waals surface area contributed by atoms with Crippen molar-refractivity contribution in [2.75, 3.05) is 5.32 Å². The van der Waals surface area contributed by atoms with Crippen LogP contribution in [-0.4, -0.2) is 15.7 Å². The van der Waals surface area contributed by atoms with Gasteiger partial charge in [-0.25, -0.2) is 4.68 Å². The van der Waals surface area contributed by atoms with Gasteiger partial charge >= 0.3 is 0 Å². The highest BCUT2D eigenvalue weighted by Crippen LogP contribution is 2.14. The molecule has 4 nitrogen and oxygen atoms in total. The standard InChI is InChI=1S/C20H19N3O/c1-15-8-10-18(12-16(15)2)22-20(24)11-9-17-13-21-23(14-17)19-6-4-3-5-7-19/h3-14H,1-2H3,(H,22,24)/b11-9+. The third-order valence-corrected chi connectivity index (χ3v) is 3.82. The lowest BCUT2D eigenvalue weighted by Crippen LogP contribution is -2.07. The second kappa shape index (κ2) is 6.96. The van der Waals surface area contributed by atoms with Crippen molar-refractivity contribution >= 4 is 17.7 Å². The first kappa shape index (κ1) is 15.7. The van der Waals surface area contributed by atoms with Gasteiger partial charge in [0.2, 0.25) is 5.91 Å². The number of benzene rings is 2. The Morgan fingerprint density at radius 3 is 2.62 bits per heavy atom. The number of nitrogens with zero attached hydrogens (tertiary/aromatic N) is 2. The van der Waals surface area contributed by atoms with Crippen molar-refractivity contribution in [2.45, 2.75) is 13.8 Å². The number of aromatic nitrogens is 2. The minimum absolute atomic E-state index is 0.161. The molecule has 3 rings (SSSR count). The predicted molar refractivity (Wildman–Crippen MR) is 97.1 cm³/mol. The van der Waals surface area contributed by atoms with Gasteiger partial charge in [0.25, 0.3) is 0 Å². The average Bonchev–Trinajstić information content (AvgIpc) is 3.06. The van der Waals surface area contributed by atoms with E-state index in [1.165, 1.54) is 11.6 Å². The molecular weight excluding hydrogens is 298 g/mol. The lowest BCUT2D eigenvalue weighted by atomic mass is 10.1. The van der Waals surface area contributed by atoms with E-state index in [-0.39, 0.29) is 5.91 Å². The molecule has 0 spiro atoms. The van der Waals surface area contributed by atoms with Crippen LogP contribution >= 0.6 is 0 Å². The summed E-state index contributed by atoms with van der Waals surface area (Å²) in [6.07, 6.45) is 6.88. The molecule has 0 aliphatic heterocycles. The number of amides is 1. The molecule has 1 amide bonds. The molecule has 24 heavy (non-hydrogen) atoms. The molecular formula is C20H19N3O. The normalized spacial score (nSPS) is 10.9. The molecule has 0 saturated heterocycles. The lowest BCUT2D eigenvalue weighted by molar-refractivity contribution is -0.111. The smallest absolute Gasteiger partial charge is 0.248 e. The summed E-state index contributed by atoms with van der Waals surface area (Å²) >= 11 is 0. The molecule has 0 fully saturated rings. The topological polar surface area (TPSA) is 46.9 Å². The van der Waals surface area contributed by atoms with Gasteiger partial charge in [-0.15, -0.1) is 0 Å². The molecule has 0 saturated carbocycles. The first-order valence-corrected chi connectivity index (χ1v) is 7.78. The van der Waals surface area contributed by atoms with Crippen molar-refractivity contribution in [3.8, 4) is 5.69 Å². The average molecular weight is 317 g/mol. The molecule has 1 N–H and O–H groups in total. The van der Waals surface area contributed by atoms with Gasteiger partial charge in [-0.05, 0) is 55.3 Å². The second-order valence-corrected chi connectivity index (χ2v) is 5.68. The number of nitrogens with one attached hydrogen (secondary N) is 1.